The molecule has 184 valence electrons. The first-order valence-corrected chi connectivity index (χ1v) is 13.5. The van der Waals surface area contributed by atoms with E-state index in [1.54, 1.807) is 0 Å². The Bertz CT molecular complexity index is 2490. The van der Waals surface area contributed by atoms with Crippen LogP contribution in [-0.4, -0.2) is 9.13 Å². The summed E-state index contributed by atoms with van der Waals surface area (Å²) in [5.41, 5.74) is 6.50. The maximum atomic E-state index is 9.86. The van der Waals surface area contributed by atoms with Crippen LogP contribution in [-0.2, 0) is 0 Å². The average molecular weight is 508 g/mol. The topological polar surface area (TPSA) is 33.6 Å². The lowest BCUT2D eigenvalue weighted by molar-refractivity contribution is 1.07. The Morgan fingerprint density at radius 3 is 1.75 bits per heavy atom. The maximum Gasteiger partial charge on any atom is 0.131 e. The smallest absolute Gasteiger partial charge is 0.131 e. The summed E-state index contributed by atoms with van der Waals surface area (Å²) < 4.78 is 4.84. The molecule has 3 nitrogen and oxygen atoms in total. The van der Waals surface area contributed by atoms with Crippen molar-refractivity contribution >= 4 is 65.2 Å². The van der Waals surface area contributed by atoms with E-state index >= 15 is 0 Å². The van der Waals surface area contributed by atoms with Crippen LogP contribution >= 0.6 is 0 Å². The van der Waals surface area contributed by atoms with Gasteiger partial charge in [-0.25, -0.2) is 0 Å². The molecule has 0 saturated heterocycles. The Balaban J connectivity index is 1.53. The Morgan fingerprint density at radius 2 is 1.02 bits per heavy atom. The van der Waals surface area contributed by atoms with E-state index in [9.17, 15) is 5.26 Å². The normalized spacial score (nSPS) is 12.0. The number of para-hydroxylation sites is 3. The van der Waals surface area contributed by atoms with E-state index in [0.29, 0.717) is 5.56 Å². The van der Waals surface area contributed by atoms with Gasteiger partial charge >= 0.3 is 0 Å². The van der Waals surface area contributed by atoms with Gasteiger partial charge in [0.2, 0.25) is 0 Å². The molecule has 0 fully saturated rings. The first kappa shape index (κ1) is 21.4. The number of fused-ring (bicyclic) bond motifs is 5. The molecule has 9 aromatic rings. The number of nitrogens with zero attached hydrogens (tertiary/aromatic N) is 3. The second kappa shape index (κ2) is 7.72. The number of hydrogen-bond donors (Lipinski definition) is 0. The number of nitriles is 1. The largest absolute Gasteiger partial charge is 0.295 e. The van der Waals surface area contributed by atoms with E-state index in [1.807, 2.05) is 6.07 Å². The van der Waals surface area contributed by atoms with Crippen LogP contribution in [0.2, 0.25) is 0 Å². The fourth-order valence-corrected chi connectivity index (χ4v) is 6.86. The molecule has 0 aliphatic rings. The lowest BCUT2D eigenvalue weighted by atomic mass is 9.91. The minimum atomic E-state index is 0.713. The van der Waals surface area contributed by atoms with E-state index in [-0.39, 0.29) is 0 Å². The summed E-state index contributed by atoms with van der Waals surface area (Å²) in [6.45, 7) is 0. The molecule has 0 atom stereocenters. The van der Waals surface area contributed by atoms with Crippen molar-refractivity contribution in [3.8, 4) is 17.4 Å². The van der Waals surface area contributed by atoms with Crippen molar-refractivity contribution in [2.24, 2.45) is 0 Å². The molecule has 7 aromatic carbocycles. The third kappa shape index (κ3) is 2.62. The molecule has 0 bridgehead atoms. The van der Waals surface area contributed by atoms with Crippen LogP contribution in [0.4, 0.5) is 0 Å². The molecule has 0 unspecified atom stereocenters. The van der Waals surface area contributed by atoms with Gasteiger partial charge in [-0.1, -0.05) is 91.0 Å². The number of hydrogen-bond acceptors (Lipinski definition) is 1. The van der Waals surface area contributed by atoms with Gasteiger partial charge in [0.15, 0.2) is 0 Å². The average Bonchev–Trinajstić information content (AvgIpc) is 3.53. The summed E-state index contributed by atoms with van der Waals surface area (Å²) in [4.78, 5) is 0. The van der Waals surface area contributed by atoms with Crippen LogP contribution in [0, 0.1) is 11.3 Å². The minimum Gasteiger partial charge on any atom is -0.295 e. The number of rotatable bonds is 2. The van der Waals surface area contributed by atoms with Crippen LogP contribution in [0.25, 0.3) is 76.5 Å². The molecule has 40 heavy (non-hydrogen) atoms. The summed E-state index contributed by atoms with van der Waals surface area (Å²) >= 11 is 0. The van der Waals surface area contributed by atoms with Crippen LogP contribution in [0.15, 0.2) is 127 Å². The molecule has 0 amide bonds. The van der Waals surface area contributed by atoms with Crippen molar-refractivity contribution in [1.82, 2.24) is 9.13 Å². The minimum absolute atomic E-state index is 0.713. The van der Waals surface area contributed by atoms with Crippen molar-refractivity contribution in [2.75, 3.05) is 0 Å². The first-order chi connectivity index (χ1) is 19.8. The Hall–Kier alpha value is -5.59. The van der Waals surface area contributed by atoms with Crippen molar-refractivity contribution in [2.45, 2.75) is 0 Å². The van der Waals surface area contributed by atoms with Crippen molar-refractivity contribution in [1.29, 1.82) is 5.26 Å². The summed E-state index contributed by atoms with van der Waals surface area (Å²) in [5.74, 6) is 0. The van der Waals surface area contributed by atoms with Gasteiger partial charge in [0, 0.05) is 32.6 Å². The first-order valence-electron chi connectivity index (χ1n) is 13.5. The molecule has 2 heterocycles. The predicted octanol–water partition coefficient (Wildman–Crippen LogP) is 9.50. The molecule has 0 N–H and O–H groups in total. The molecule has 0 aliphatic carbocycles. The zero-order valence-corrected chi connectivity index (χ0v) is 21.5. The highest BCUT2D eigenvalue weighted by molar-refractivity contribution is 6.27. The molecule has 0 radical (unpaired) electrons. The van der Waals surface area contributed by atoms with E-state index in [2.05, 4.69) is 137 Å². The van der Waals surface area contributed by atoms with Gasteiger partial charge in [-0.3, -0.25) is 9.13 Å². The zero-order chi connectivity index (χ0) is 26.4. The fourth-order valence-electron chi connectivity index (χ4n) is 6.86. The monoisotopic (exact) mass is 507 g/mol. The highest BCUT2D eigenvalue weighted by Crippen LogP contribution is 2.44. The number of benzene rings is 7. The second-order valence-electron chi connectivity index (χ2n) is 10.5. The summed E-state index contributed by atoms with van der Waals surface area (Å²) in [6, 6.07) is 47.7. The fraction of sp³-hybridized carbons (Fsp3) is 0. The van der Waals surface area contributed by atoms with Crippen LogP contribution in [0.5, 0.6) is 0 Å². The van der Waals surface area contributed by atoms with Gasteiger partial charge in [0.05, 0.1) is 28.4 Å². The van der Waals surface area contributed by atoms with E-state index in [1.165, 1.54) is 43.4 Å². The summed E-state index contributed by atoms with van der Waals surface area (Å²) in [7, 11) is 0. The van der Waals surface area contributed by atoms with Gasteiger partial charge in [-0.2, -0.15) is 5.26 Å². The molecular weight excluding hydrogens is 486 g/mol. The SMILES string of the molecule is N#Cc1ccc2ccc3c(-n4c5ccccc5c5c6ccccc6n(-c6ccccc6)c54)ccc4ccc1c2c43. The molecular formula is C37H21N3. The highest BCUT2D eigenvalue weighted by Gasteiger charge is 2.23. The lowest BCUT2D eigenvalue weighted by Gasteiger charge is -2.17. The van der Waals surface area contributed by atoms with Gasteiger partial charge in [0.25, 0.3) is 0 Å². The molecule has 9 rings (SSSR count). The second-order valence-corrected chi connectivity index (χ2v) is 10.5. The van der Waals surface area contributed by atoms with Crippen molar-refractivity contribution < 1.29 is 0 Å². The number of aromatic nitrogens is 2. The van der Waals surface area contributed by atoms with Gasteiger partial charge < -0.3 is 0 Å². The quantitative estimate of drug-likeness (QED) is 0.215. The predicted molar refractivity (Wildman–Crippen MR) is 166 cm³/mol. The molecule has 0 saturated carbocycles. The summed E-state index contributed by atoms with van der Waals surface area (Å²) in [5, 5.41) is 20.5. The third-order valence-corrected chi connectivity index (χ3v) is 8.49. The van der Waals surface area contributed by atoms with E-state index in [4.69, 9.17) is 0 Å². The Morgan fingerprint density at radius 1 is 0.450 bits per heavy atom. The molecule has 0 aliphatic heterocycles. The van der Waals surface area contributed by atoms with Gasteiger partial charge in [-0.05, 0) is 57.9 Å². The van der Waals surface area contributed by atoms with Crippen LogP contribution < -0.4 is 0 Å². The van der Waals surface area contributed by atoms with Crippen LogP contribution in [0.1, 0.15) is 5.56 Å². The van der Waals surface area contributed by atoms with E-state index < -0.39 is 0 Å². The third-order valence-electron chi connectivity index (χ3n) is 8.49. The Labute approximate surface area is 229 Å². The Kier molecular flexibility index (Phi) is 4.12. The lowest BCUT2D eigenvalue weighted by Crippen LogP contribution is -2.02. The zero-order valence-electron chi connectivity index (χ0n) is 21.5. The molecule has 3 heteroatoms. The van der Waals surface area contributed by atoms with Gasteiger partial charge in [0.1, 0.15) is 5.65 Å². The standard InChI is InChI=1S/C37H21N3/c38-22-25-15-14-23-17-20-30-33(21-18-24-16-19-27(25)34(23)35(24)30)40-32-13-7-5-11-29(32)36-28-10-4-6-12-31(28)39(37(36)40)26-8-2-1-3-9-26/h1-21H. The highest BCUT2D eigenvalue weighted by atomic mass is 15.1. The maximum absolute atomic E-state index is 9.86. The molecule has 2 aromatic heterocycles. The van der Waals surface area contributed by atoms with Crippen molar-refractivity contribution in [3.05, 3.63) is 133 Å². The van der Waals surface area contributed by atoms with Crippen molar-refractivity contribution in [3.63, 3.8) is 0 Å². The molecule has 0 spiro atoms. The van der Waals surface area contributed by atoms with E-state index in [0.717, 1.165) is 33.2 Å². The summed E-state index contributed by atoms with van der Waals surface area (Å²) in [6.07, 6.45) is 0. The van der Waals surface area contributed by atoms with Crippen LogP contribution in [0.3, 0.4) is 0 Å². The van der Waals surface area contributed by atoms with Gasteiger partial charge in [-0.15, -0.1) is 0 Å².